The summed E-state index contributed by atoms with van der Waals surface area (Å²) in [4.78, 5) is 15.2. The fourth-order valence-corrected chi connectivity index (χ4v) is 9.25. The summed E-state index contributed by atoms with van der Waals surface area (Å²) in [6, 6.07) is 42.1. The zero-order valence-corrected chi connectivity index (χ0v) is 25.7. The van der Waals surface area contributed by atoms with Gasteiger partial charge in [-0.05, 0) is 107 Å². The van der Waals surface area contributed by atoms with Crippen LogP contribution in [-0.4, -0.2) is 15.0 Å². The molecule has 0 amide bonds. The Morgan fingerprint density at radius 3 is 1.61 bits per heavy atom. The van der Waals surface area contributed by atoms with E-state index < -0.39 is 0 Å². The highest BCUT2D eigenvalue weighted by atomic mass is 15.0. The average Bonchev–Trinajstić information content (AvgIpc) is 3.11. The van der Waals surface area contributed by atoms with Crippen molar-refractivity contribution < 1.29 is 0 Å². The van der Waals surface area contributed by atoms with Crippen molar-refractivity contribution in [2.24, 2.45) is 17.8 Å². The van der Waals surface area contributed by atoms with Crippen LogP contribution >= 0.6 is 0 Å². The number of hydrogen-bond donors (Lipinski definition) is 0. The first-order chi connectivity index (χ1) is 22.6. The molecule has 4 aliphatic carbocycles. The first-order valence-corrected chi connectivity index (χ1v) is 16.6. The summed E-state index contributed by atoms with van der Waals surface area (Å²) >= 11 is 0. The van der Waals surface area contributed by atoms with E-state index in [1.807, 2.05) is 42.5 Å². The third-order valence-electron chi connectivity index (χ3n) is 11.0. The van der Waals surface area contributed by atoms with Crippen LogP contribution in [-0.2, 0) is 5.41 Å². The lowest BCUT2D eigenvalue weighted by atomic mass is 9.48. The highest BCUT2D eigenvalue weighted by Crippen LogP contribution is 2.60. The Labute approximate surface area is 269 Å². The van der Waals surface area contributed by atoms with Crippen molar-refractivity contribution >= 4 is 10.8 Å². The molecule has 6 aromatic rings. The SMILES string of the molecule is N#Cc1ccc(-c2ccc(-c3nc(-c4ccccc4)nc(-c4ccc(C56CC7CC(CC(C7)C5)C6)cc4)n3)c3ccccc23)cc1. The minimum Gasteiger partial charge on any atom is -0.208 e. The van der Waals surface area contributed by atoms with E-state index in [-0.39, 0.29) is 0 Å². The molecule has 1 aromatic heterocycles. The van der Waals surface area contributed by atoms with E-state index in [2.05, 4.69) is 78.9 Å². The van der Waals surface area contributed by atoms with Gasteiger partial charge in [0.05, 0.1) is 11.6 Å². The third kappa shape index (κ3) is 4.62. The van der Waals surface area contributed by atoms with Crippen LogP contribution in [0.1, 0.15) is 49.7 Å². The first-order valence-electron chi connectivity index (χ1n) is 16.6. The van der Waals surface area contributed by atoms with Gasteiger partial charge in [-0.2, -0.15) is 5.26 Å². The highest BCUT2D eigenvalue weighted by Gasteiger charge is 2.51. The van der Waals surface area contributed by atoms with Crippen molar-refractivity contribution in [3.8, 4) is 51.4 Å². The maximum absolute atomic E-state index is 9.29. The van der Waals surface area contributed by atoms with Gasteiger partial charge in [0.2, 0.25) is 0 Å². The summed E-state index contributed by atoms with van der Waals surface area (Å²) in [6.07, 6.45) is 8.44. The molecule has 0 N–H and O–H groups in total. The Morgan fingerprint density at radius 1 is 0.500 bits per heavy atom. The molecule has 0 spiro atoms. The van der Waals surface area contributed by atoms with Gasteiger partial charge in [0.15, 0.2) is 17.5 Å². The van der Waals surface area contributed by atoms with Gasteiger partial charge in [-0.1, -0.05) is 97.1 Å². The van der Waals surface area contributed by atoms with Gasteiger partial charge in [-0.3, -0.25) is 0 Å². The summed E-state index contributed by atoms with van der Waals surface area (Å²) in [5, 5.41) is 11.5. The van der Waals surface area contributed by atoms with Crippen LogP contribution in [0.4, 0.5) is 0 Å². The molecule has 46 heavy (non-hydrogen) atoms. The number of benzene rings is 5. The van der Waals surface area contributed by atoms with Crippen molar-refractivity contribution in [3.63, 3.8) is 0 Å². The number of rotatable bonds is 5. The van der Waals surface area contributed by atoms with Crippen LogP contribution in [0.2, 0.25) is 0 Å². The van der Waals surface area contributed by atoms with E-state index in [0.29, 0.717) is 28.5 Å². The Hall–Kier alpha value is -5.14. The van der Waals surface area contributed by atoms with Gasteiger partial charge in [0.25, 0.3) is 0 Å². The van der Waals surface area contributed by atoms with Crippen molar-refractivity contribution in [1.29, 1.82) is 5.26 Å². The van der Waals surface area contributed by atoms with Gasteiger partial charge in [-0.15, -0.1) is 0 Å². The standard InChI is InChI=1S/C42H34N4/c43-26-27-10-12-31(13-11-27)35-18-19-38(37-9-5-4-8-36(35)37)41-45-39(32-6-2-1-3-7-32)44-40(46-41)33-14-16-34(17-15-33)42-23-28-20-29(24-42)22-30(21-28)25-42/h1-19,28-30H,20-25H2. The second-order valence-corrected chi connectivity index (χ2v) is 13.8. The van der Waals surface area contributed by atoms with Crippen LogP contribution in [0.15, 0.2) is 115 Å². The van der Waals surface area contributed by atoms with E-state index >= 15 is 0 Å². The molecule has 4 fully saturated rings. The number of hydrogen-bond acceptors (Lipinski definition) is 4. The van der Waals surface area contributed by atoms with E-state index in [0.717, 1.165) is 56.3 Å². The predicted molar refractivity (Wildman–Crippen MR) is 184 cm³/mol. The zero-order chi connectivity index (χ0) is 30.7. The molecule has 4 heteroatoms. The topological polar surface area (TPSA) is 62.5 Å². The van der Waals surface area contributed by atoms with Gasteiger partial charge >= 0.3 is 0 Å². The van der Waals surface area contributed by atoms with Crippen LogP contribution in [0.3, 0.4) is 0 Å². The minimum atomic E-state index is 0.363. The molecule has 4 bridgehead atoms. The van der Waals surface area contributed by atoms with Gasteiger partial charge in [-0.25, -0.2) is 15.0 Å². The predicted octanol–water partition coefficient (Wildman–Crippen LogP) is 10.0. The Bertz CT molecular complexity index is 2090. The highest BCUT2D eigenvalue weighted by molar-refractivity contribution is 6.04. The summed E-state index contributed by atoms with van der Waals surface area (Å²) in [5.74, 6) is 4.79. The molecule has 0 saturated heterocycles. The van der Waals surface area contributed by atoms with E-state index in [9.17, 15) is 5.26 Å². The van der Waals surface area contributed by atoms with E-state index in [1.54, 1.807) is 0 Å². The molecule has 0 radical (unpaired) electrons. The van der Waals surface area contributed by atoms with Gasteiger partial charge < -0.3 is 0 Å². The maximum atomic E-state index is 9.29. The number of nitriles is 1. The van der Waals surface area contributed by atoms with Crippen molar-refractivity contribution in [1.82, 2.24) is 15.0 Å². The summed E-state index contributed by atoms with van der Waals surface area (Å²) in [5.41, 5.74) is 7.67. The molecule has 0 aliphatic heterocycles. The largest absolute Gasteiger partial charge is 0.208 e. The first kappa shape index (κ1) is 27.2. The normalized spacial score (nSPS) is 23.0. The number of nitrogens with zero attached hydrogens (tertiary/aromatic N) is 4. The molecule has 10 rings (SSSR count). The Balaban J connectivity index is 1.15. The molecule has 1 heterocycles. The van der Waals surface area contributed by atoms with Crippen LogP contribution in [0.25, 0.3) is 56.1 Å². The Morgan fingerprint density at radius 2 is 1.00 bits per heavy atom. The van der Waals surface area contributed by atoms with Gasteiger partial charge in [0.1, 0.15) is 0 Å². The van der Waals surface area contributed by atoms with E-state index in [4.69, 9.17) is 15.0 Å². The fraction of sp³-hybridized carbons (Fsp3) is 0.238. The molecule has 5 aromatic carbocycles. The molecular weight excluding hydrogens is 560 g/mol. The third-order valence-corrected chi connectivity index (χ3v) is 11.0. The summed E-state index contributed by atoms with van der Waals surface area (Å²) in [7, 11) is 0. The van der Waals surface area contributed by atoms with E-state index in [1.165, 1.54) is 44.1 Å². The maximum Gasteiger partial charge on any atom is 0.164 e. The molecule has 4 nitrogen and oxygen atoms in total. The van der Waals surface area contributed by atoms with Crippen molar-refractivity contribution in [2.75, 3.05) is 0 Å². The fourth-order valence-electron chi connectivity index (χ4n) is 9.25. The second kappa shape index (κ2) is 10.7. The quantitative estimate of drug-likeness (QED) is 0.199. The lowest BCUT2D eigenvalue weighted by molar-refractivity contribution is -0.00518. The molecule has 0 unspecified atom stereocenters. The Kier molecular flexibility index (Phi) is 6.35. The molecule has 0 atom stereocenters. The second-order valence-electron chi connectivity index (χ2n) is 13.8. The van der Waals surface area contributed by atoms with Crippen molar-refractivity contribution in [2.45, 2.75) is 43.9 Å². The smallest absolute Gasteiger partial charge is 0.164 e. The zero-order valence-electron chi connectivity index (χ0n) is 25.7. The van der Waals surface area contributed by atoms with Crippen LogP contribution < -0.4 is 0 Å². The number of fused-ring (bicyclic) bond motifs is 1. The summed E-state index contributed by atoms with van der Waals surface area (Å²) < 4.78 is 0. The van der Waals surface area contributed by atoms with Crippen molar-refractivity contribution in [3.05, 3.63) is 126 Å². The van der Waals surface area contributed by atoms with Crippen LogP contribution in [0, 0.1) is 29.1 Å². The monoisotopic (exact) mass is 594 g/mol. The minimum absolute atomic E-state index is 0.363. The lowest BCUT2D eigenvalue weighted by Crippen LogP contribution is -2.48. The lowest BCUT2D eigenvalue weighted by Gasteiger charge is -2.57. The molecule has 222 valence electrons. The van der Waals surface area contributed by atoms with Crippen LogP contribution in [0.5, 0.6) is 0 Å². The molecule has 4 aliphatic rings. The van der Waals surface area contributed by atoms with Gasteiger partial charge in [0, 0.05) is 16.7 Å². The summed E-state index contributed by atoms with van der Waals surface area (Å²) in [6.45, 7) is 0. The molecule has 4 saturated carbocycles. The molecular formula is C42H34N4. The average molecular weight is 595 g/mol. The number of aromatic nitrogens is 3.